The van der Waals surface area contributed by atoms with Crippen LogP contribution < -0.4 is 10.6 Å². The molecule has 152 valence electrons. The van der Waals surface area contributed by atoms with Gasteiger partial charge in [0.05, 0.1) is 5.92 Å². The normalized spacial score (nSPS) is 18.7. The van der Waals surface area contributed by atoms with E-state index in [1.54, 1.807) is 42.5 Å². The fraction of sp³-hybridized carbons (Fsp3) is 0.318. The van der Waals surface area contributed by atoms with Crippen LogP contribution in [0.25, 0.3) is 0 Å². The summed E-state index contributed by atoms with van der Waals surface area (Å²) in [4.78, 5) is 35.8. The molecular weight excluding hydrogens is 375 g/mol. The van der Waals surface area contributed by atoms with Crippen molar-refractivity contribution in [3.63, 3.8) is 0 Å². The number of anilines is 1. The molecule has 2 aromatic rings. The fourth-order valence-corrected chi connectivity index (χ4v) is 3.52. The van der Waals surface area contributed by atoms with Gasteiger partial charge in [0.1, 0.15) is 5.82 Å². The van der Waals surface area contributed by atoms with Crippen LogP contribution in [0.4, 0.5) is 10.1 Å². The zero-order chi connectivity index (χ0) is 20.8. The molecule has 0 aromatic heterocycles. The highest BCUT2D eigenvalue weighted by Crippen LogP contribution is 2.30. The monoisotopic (exact) mass is 398 g/mol. The Kier molecular flexibility index (Phi) is 6.59. The number of benzene rings is 2. The van der Waals surface area contributed by atoms with E-state index in [0.717, 1.165) is 6.42 Å². The van der Waals surface area contributed by atoms with E-state index in [9.17, 15) is 18.8 Å². The Morgan fingerprint density at radius 1 is 1.00 bits per heavy atom. The highest BCUT2D eigenvalue weighted by Gasteiger charge is 2.31. The highest BCUT2D eigenvalue weighted by molar-refractivity contribution is 5.96. The first kappa shape index (κ1) is 20.5. The second kappa shape index (κ2) is 9.32. The van der Waals surface area contributed by atoms with Gasteiger partial charge in [-0.25, -0.2) is 4.39 Å². The number of hydrogen-bond donors (Lipinski definition) is 3. The second-order valence-electron chi connectivity index (χ2n) is 7.24. The van der Waals surface area contributed by atoms with Crippen molar-refractivity contribution in [3.05, 3.63) is 65.5 Å². The minimum absolute atomic E-state index is 0.0798. The first-order chi connectivity index (χ1) is 13.9. The molecule has 2 amide bonds. The minimum atomic E-state index is -0.853. The molecule has 1 aliphatic carbocycles. The molecule has 0 aliphatic heterocycles. The average Bonchev–Trinajstić information content (AvgIpc) is 2.73. The Morgan fingerprint density at radius 2 is 1.69 bits per heavy atom. The summed E-state index contributed by atoms with van der Waals surface area (Å²) < 4.78 is 13.6. The van der Waals surface area contributed by atoms with E-state index in [-0.39, 0.29) is 30.1 Å². The fourth-order valence-electron chi connectivity index (χ4n) is 3.52. The number of carboxylic acids is 1. The van der Waals surface area contributed by atoms with Crippen LogP contribution in [0.3, 0.4) is 0 Å². The van der Waals surface area contributed by atoms with Crippen molar-refractivity contribution in [1.82, 2.24) is 5.32 Å². The molecule has 0 bridgehead atoms. The maximum Gasteiger partial charge on any atom is 0.306 e. The molecule has 3 N–H and O–H groups in total. The SMILES string of the molecule is O=C(NCc1ccccc1F)c1ccc(NC(=O)C2CCCC(C(=O)O)C2)cc1. The molecule has 2 atom stereocenters. The van der Waals surface area contributed by atoms with Crippen molar-refractivity contribution in [2.75, 3.05) is 5.32 Å². The number of amides is 2. The topological polar surface area (TPSA) is 95.5 Å². The molecule has 0 radical (unpaired) electrons. The smallest absolute Gasteiger partial charge is 0.306 e. The summed E-state index contributed by atoms with van der Waals surface area (Å²) in [5.74, 6) is -2.57. The molecule has 0 spiro atoms. The van der Waals surface area contributed by atoms with Gasteiger partial charge in [-0.05, 0) is 49.6 Å². The predicted octanol–water partition coefficient (Wildman–Crippen LogP) is 3.59. The minimum Gasteiger partial charge on any atom is -0.481 e. The summed E-state index contributed by atoms with van der Waals surface area (Å²) in [5.41, 5.74) is 1.33. The van der Waals surface area contributed by atoms with E-state index in [1.165, 1.54) is 6.07 Å². The Labute approximate surface area is 168 Å². The van der Waals surface area contributed by atoms with Gasteiger partial charge in [0.15, 0.2) is 0 Å². The van der Waals surface area contributed by atoms with E-state index < -0.39 is 11.9 Å². The van der Waals surface area contributed by atoms with Crippen LogP contribution >= 0.6 is 0 Å². The van der Waals surface area contributed by atoms with Crippen molar-refractivity contribution in [2.24, 2.45) is 11.8 Å². The van der Waals surface area contributed by atoms with Crippen molar-refractivity contribution in [2.45, 2.75) is 32.2 Å². The molecule has 6 nitrogen and oxygen atoms in total. The third-order valence-electron chi connectivity index (χ3n) is 5.21. The number of carboxylic acid groups (broad SMARTS) is 1. The predicted molar refractivity (Wildman–Crippen MR) is 106 cm³/mol. The Balaban J connectivity index is 1.54. The number of carbonyl (C=O) groups is 3. The van der Waals surface area contributed by atoms with Gasteiger partial charge in [-0.3, -0.25) is 14.4 Å². The van der Waals surface area contributed by atoms with E-state index in [4.69, 9.17) is 5.11 Å². The molecule has 29 heavy (non-hydrogen) atoms. The maximum absolute atomic E-state index is 13.6. The molecule has 0 heterocycles. The zero-order valence-electron chi connectivity index (χ0n) is 15.9. The summed E-state index contributed by atoms with van der Waals surface area (Å²) in [6.07, 6.45) is 2.34. The number of nitrogens with one attached hydrogen (secondary N) is 2. The second-order valence-corrected chi connectivity index (χ2v) is 7.24. The third kappa shape index (κ3) is 5.40. The van der Waals surface area contributed by atoms with Gasteiger partial charge in [0.25, 0.3) is 5.91 Å². The lowest BCUT2D eigenvalue weighted by molar-refractivity contribution is -0.143. The van der Waals surface area contributed by atoms with Crippen LogP contribution in [0.1, 0.15) is 41.6 Å². The van der Waals surface area contributed by atoms with Gasteiger partial charge in [-0.1, -0.05) is 24.6 Å². The van der Waals surface area contributed by atoms with Crippen LogP contribution in [-0.2, 0) is 16.1 Å². The summed E-state index contributed by atoms with van der Waals surface area (Å²) in [6.45, 7) is 0.0798. The third-order valence-corrected chi connectivity index (χ3v) is 5.21. The van der Waals surface area contributed by atoms with E-state index in [0.29, 0.717) is 36.1 Å². The number of carbonyl (C=O) groups excluding carboxylic acids is 2. The van der Waals surface area contributed by atoms with Crippen molar-refractivity contribution in [1.29, 1.82) is 0 Å². The quantitative estimate of drug-likeness (QED) is 0.693. The molecule has 0 saturated heterocycles. The lowest BCUT2D eigenvalue weighted by atomic mass is 9.81. The summed E-state index contributed by atoms with van der Waals surface area (Å²) in [5, 5.41) is 14.6. The molecule has 1 aliphatic rings. The first-order valence-electron chi connectivity index (χ1n) is 9.59. The number of halogens is 1. The molecule has 1 fully saturated rings. The number of aliphatic carboxylic acids is 1. The molecule has 2 unspecified atom stereocenters. The molecular formula is C22H23FN2O4. The van der Waals surface area contributed by atoms with Crippen molar-refractivity contribution < 1.29 is 23.9 Å². The summed E-state index contributed by atoms with van der Waals surface area (Å²) in [7, 11) is 0. The Hall–Kier alpha value is -3.22. The van der Waals surface area contributed by atoms with Crippen LogP contribution in [0.15, 0.2) is 48.5 Å². The van der Waals surface area contributed by atoms with E-state index >= 15 is 0 Å². The van der Waals surface area contributed by atoms with Crippen LogP contribution in [0.5, 0.6) is 0 Å². The average molecular weight is 398 g/mol. The number of rotatable bonds is 6. The van der Waals surface area contributed by atoms with Gasteiger partial charge in [0, 0.05) is 29.3 Å². The van der Waals surface area contributed by atoms with Crippen molar-refractivity contribution in [3.8, 4) is 0 Å². The van der Waals surface area contributed by atoms with Gasteiger partial charge in [-0.15, -0.1) is 0 Å². The standard InChI is InChI=1S/C22H23FN2O4/c23-19-7-2-1-4-17(19)13-24-20(26)14-8-10-18(11-9-14)25-21(27)15-5-3-6-16(12-15)22(28)29/h1-2,4,7-11,15-16H,3,5-6,12-13H2,(H,24,26)(H,25,27)(H,28,29). The highest BCUT2D eigenvalue weighted by atomic mass is 19.1. The number of hydrogen-bond acceptors (Lipinski definition) is 3. The molecule has 7 heteroatoms. The van der Waals surface area contributed by atoms with Crippen molar-refractivity contribution >= 4 is 23.5 Å². The lowest BCUT2D eigenvalue weighted by Gasteiger charge is -2.25. The van der Waals surface area contributed by atoms with Crippen LogP contribution in [0.2, 0.25) is 0 Å². The summed E-state index contributed by atoms with van der Waals surface area (Å²) >= 11 is 0. The zero-order valence-corrected chi connectivity index (χ0v) is 15.9. The van der Waals surface area contributed by atoms with Crippen LogP contribution in [0, 0.1) is 17.7 Å². The Bertz CT molecular complexity index is 898. The molecule has 2 aromatic carbocycles. The van der Waals surface area contributed by atoms with Gasteiger partial charge in [-0.2, -0.15) is 0 Å². The van der Waals surface area contributed by atoms with E-state index in [1.807, 2.05) is 0 Å². The molecule has 3 rings (SSSR count). The van der Waals surface area contributed by atoms with Crippen LogP contribution in [-0.4, -0.2) is 22.9 Å². The van der Waals surface area contributed by atoms with Gasteiger partial charge < -0.3 is 15.7 Å². The largest absolute Gasteiger partial charge is 0.481 e. The van der Waals surface area contributed by atoms with Gasteiger partial charge in [0.2, 0.25) is 5.91 Å². The van der Waals surface area contributed by atoms with E-state index in [2.05, 4.69) is 10.6 Å². The molecule has 1 saturated carbocycles. The van der Waals surface area contributed by atoms with Gasteiger partial charge >= 0.3 is 5.97 Å². The first-order valence-corrected chi connectivity index (χ1v) is 9.59. The maximum atomic E-state index is 13.6. The lowest BCUT2D eigenvalue weighted by Crippen LogP contribution is -2.31. The summed E-state index contributed by atoms with van der Waals surface area (Å²) in [6, 6.07) is 12.6. The Morgan fingerprint density at radius 3 is 2.38 bits per heavy atom.